The van der Waals surface area contributed by atoms with Gasteiger partial charge in [0.15, 0.2) is 5.01 Å². The summed E-state index contributed by atoms with van der Waals surface area (Å²) < 4.78 is 13.7. The summed E-state index contributed by atoms with van der Waals surface area (Å²) >= 11 is 1.48. The van der Waals surface area contributed by atoms with E-state index >= 15 is 0 Å². The first-order valence-electron chi connectivity index (χ1n) is 13.8. The van der Waals surface area contributed by atoms with Gasteiger partial charge in [0.1, 0.15) is 24.5 Å². The van der Waals surface area contributed by atoms with E-state index < -0.39 is 8.07 Å². The third-order valence-corrected chi connectivity index (χ3v) is 9.51. The molecule has 0 radical (unpaired) electrons. The minimum Gasteiger partial charge on any atom is -0.445 e. The molecular weight excluding hydrogens is 541 g/mol. The number of pyridine rings is 1. The van der Waals surface area contributed by atoms with Crippen LogP contribution in [0.2, 0.25) is 25.7 Å². The highest BCUT2D eigenvalue weighted by Crippen LogP contribution is 2.36. The average Bonchev–Trinajstić information content (AvgIpc) is 3.60. The van der Waals surface area contributed by atoms with Crippen LogP contribution in [0.4, 0.5) is 10.5 Å². The molecule has 4 heterocycles. The van der Waals surface area contributed by atoms with Gasteiger partial charge in [-0.15, -0.1) is 10.2 Å². The highest BCUT2D eigenvalue weighted by atomic mass is 32.1. The fourth-order valence-electron chi connectivity index (χ4n) is 5.01. The first-order chi connectivity index (χ1) is 19.3. The molecule has 4 aromatic rings. The summed E-state index contributed by atoms with van der Waals surface area (Å²) in [6.45, 7) is 11.9. The molecule has 0 aliphatic carbocycles. The number of likely N-dealkylation sites (tertiary alicyclic amines) is 1. The number of carbonyl (C=O) groups excluding carboxylic acids is 1. The van der Waals surface area contributed by atoms with Crippen LogP contribution < -0.4 is 5.32 Å². The summed E-state index contributed by atoms with van der Waals surface area (Å²) in [5.74, 6) is 0.321. The molecular formula is C29H38N6O3SSi. The van der Waals surface area contributed by atoms with Crippen LogP contribution in [0.15, 0.2) is 54.3 Å². The summed E-state index contributed by atoms with van der Waals surface area (Å²) in [5.41, 5.74) is 5.42. The van der Waals surface area contributed by atoms with Crippen molar-refractivity contribution in [2.45, 2.75) is 58.4 Å². The van der Waals surface area contributed by atoms with Gasteiger partial charge in [-0.3, -0.25) is 0 Å². The first kappa shape index (κ1) is 28.3. The van der Waals surface area contributed by atoms with Gasteiger partial charge in [-0.25, -0.2) is 9.78 Å². The Morgan fingerprint density at radius 3 is 2.75 bits per heavy atom. The molecule has 1 amide bonds. The fourth-order valence-corrected chi connectivity index (χ4v) is 6.34. The SMILES string of the molecule is C[C@H]1CC(Nc2c(-c3nncs3)cnc3c2ccn3COCC[Si](C)(C)C)CN(C(=O)OCc2ccccc2)C1. The molecule has 2 atom stereocenters. The predicted molar refractivity (Wildman–Crippen MR) is 162 cm³/mol. The second-order valence-electron chi connectivity index (χ2n) is 11.8. The van der Waals surface area contributed by atoms with E-state index in [-0.39, 0.29) is 18.7 Å². The number of piperidine rings is 1. The molecule has 1 aliphatic heterocycles. The third-order valence-electron chi connectivity index (χ3n) is 7.08. The second kappa shape index (κ2) is 12.5. The van der Waals surface area contributed by atoms with E-state index in [9.17, 15) is 4.79 Å². The Morgan fingerprint density at radius 2 is 2.00 bits per heavy atom. The predicted octanol–water partition coefficient (Wildman–Crippen LogP) is 6.33. The number of hydrogen-bond acceptors (Lipinski definition) is 8. The Hall–Kier alpha value is -3.28. The van der Waals surface area contributed by atoms with Gasteiger partial charge in [-0.2, -0.15) is 0 Å². The molecule has 5 rings (SSSR count). The molecule has 1 aromatic carbocycles. The summed E-state index contributed by atoms with van der Waals surface area (Å²) in [4.78, 5) is 19.6. The number of fused-ring (bicyclic) bond motifs is 1. The molecule has 1 saturated heterocycles. The molecule has 1 fully saturated rings. The monoisotopic (exact) mass is 578 g/mol. The molecule has 1 N–H and O–H groups in total. The summed E-state index contributed by atoms with van der Waals surface area (Å²) in [6.07, 6.45) is 4.54. The molecule has 0 saturated carbocycles. The normalized spacial score (nSPS) is 17.8. The van der Waals surface area contributed by atoms with Gasteiger partial charge in [0.2, 0.25) is 0 Å². The van der Waals surface area contributed by atoms with Crippen molar-refractivity contribution >= 4 is 42.2 Å². The van der Waals surface area contributed by atoms with Crippen LogP contribution in [-0.2, 0) is 22.8 Å². The van der Waals surface area contributed by atoms with Gasteiger partial charge in [0.25, 0.3) is 0 Å². The van der Waals surface area contributed by atoms with Crippen LogP contribution in [0.5, 0.6) is 0 Å². The van der Waals surface area contributed by atoms with E-state index in [1.54, 1.807) is 5.51 Å². The Bertz CT molecular complexity index is 1410. The summed E-state index contributed by atoms with van der Waals surface area (Å²) in [5, 5.41) is 14.0. The number of carbonyl (C=O) groups is 1. The lowest BCUT2D eigenvalue weighted by atomic mass is 9.95. The number of rotatable bonds is 10. The highest BCUT2D eigenvalue weighted by Gasteiger charge is 2.30. The van der Waals surface area contributed by atoms with Crippen molar-refractivity contribution < 1.29 is 14.3 Å². The van der Waals surface area contributed by atoms with Crippen molar-refractivity contribution in [3.05, 3.63) is 59.9 Å². The minimum absolute atomic E-state index is 0.0432. The van der Waals surface area contributed by atoms with Crippen molar-refractivity contribution in [2.75, 3.05) is 25.0 Å². The molecule has 1 aliphatic rings. The van der Waals surface area contributed by atoms with E-state index in [0.29, 0.717) is 25.7 Å². The van der Waals surface area contributed by atoms with Crippen molar-refractivity contribution in [1.29, 1.82) is 0 Å². The van der Waals surface area contributed by atoms with E-state index in [2.05, 4.69) is 48.1 Å². The Kier molecular flexibility index (Phi) is 8.82. The van der Waals surface area contributed by atoms with Gasteiger partial charge in [-0.1, -0.05) is 68.2 Å². The number of amides is 1. The van der Waals surface area contributed by atoms with E-state index in [1.807, 2.05) is 52.2 Å². The maximum atomic E-state index is 13.0. The summed E-state index contributed by atoms with van der Waals surface area (Å²) in [7, 11) is -1.16. The smallest absolute Gasteiger partial charge is 0.410 e. The molecule has 11 heteroatoms. The second-order valence-corrected chi connectivity index (χ2v) is 18.2. The molecule has 40 heavy (non-hydrogen) atoms. The molecule has 0 bridgehead atoms. The number of ether oxygens (including phenoxy) is 2. The summed E-state index contributed by atoms with van der Waals surface area (Å²) in [6, 6.07) is 13.0. The van der Waals surface area contributed by atoms with E-state index in [0.717, 1.165) is 51.9 Å². The van der Waals surface area contributed by atoms with Crippen molar-refractivity contribution in [2.24, 2.45) is 5.92 Å². The van der Waals surface area contributed by atoms with Crippen LogP contribution in [0.3, 0.4) is 0 Å². The van der Waals surface area contributed by atoms with E-state index in [1.165, 1.54) is 11.3 Å². The van der Waals surface area contributed by atoms with Crippen LogP contribution in [0.1, 0.15) is 18.9 Å². The van der Waals surface area contributed by atoms with Crippen LogP contribution in [0.25, 0.3) is 21.6 Å². The molecule has 3 aromatic heterocycles. The fraction of sp³-hybridized carbons (Fsp3) is 0.448. The van der Waals surface area contributed by atoms with Crippen molar-refractivity contribution in [1.82, 2.24) is 24.6 Å². The van der Waals surface area contributed by atoms with Crippen LogP contribution in [-0.4, -0.2) is 64.6 Å². The van der Waals surface area contributed by atoms with Crippen LogP contribution >= 0.6 is 11.3 Å². The van der Waals surface area contributed by atoms with Crippen molar-refractivity contribution in [3.63, 3.8) is 0 Å². The Morgan fingerprint density at radius 1 is 1.18 bits per heavy atom. The number of aromatic nitrogens is 4. The number of nitrogens with zero attached hydrogens (tertiary/aromatic N) is 5. The zero-order valence-electron chi connectivity index (χ0n) is 23.7. The lowest BCUT2D eigenvalue weighted by Gasteiger charge is -2.37. The Labute approximate surface area is 240 Å². The minimum atomic E-state index is -1.16. The Balaban J connectivity index is 1.34. The number of anilines is 1. The van der Waals surface area contributed by atoms with E-state index in [4.69, 9.17) is 14.5 Å². The lowest BCUT2D eigenvalue weighted by Crippen LogP contribution is -2.48. The third kappa shape index (κ3) is 7.07. The molecule has 1 unspecified atom stereocenters. The van der Waals surface area contributed by atoms with Gasteiger partial charge in [0.05, 0.1) is 11.3 Å². The molecule has 9 nitrogen and oxygen atoms in total. The number of hydrogen-bond donors (Lipinski definition) is 1. The first-order valence-corrected chi connectivity index (χ1v) is 18.4. The number of nitrogens with one attached hydrogen (secondary N) is 1. The van der Waals surface area contributed by atoms with Gasteiger partial charge in [-0.05, 0) is 30.0 Å². The molecule has 0 spiro atoms. The maximum Gasteiger partial charge on any atom is 0.410 e. The zero-order valence-corrected chi connectivity index (χ0v) is 25.5. The lowest BCUT2D eigenvalue weighted by molar-refractivity contribution is 0.0784. The largest absolute Gasteiger partial charge is 0.445 e. The van der Waals surface area contributed by atoms with Gasteiger partial charge < -0.3 is 24.3 Å². The highest BCUT2D eigenvalue weighted by molar-refractivity contribution is 7.12. The van der Waals surface area contributed by atoms with Crippen molar-refractivity contribution in [3.8, 4) is 10.6 Å². The maximum absolute atomic E-state index is 13.0. The average molecular weight is 579 g/mol. The quantitative estimate of drug-likeness (QED) is 0.174. The van der Waals surface area contributed by atoms with Gasteiger partial charge >= 0.3 is 6.09 Å². The number of benzene rings is 1. The van der Waals surface area contributed by atoms with Gasteiger partial charge in [0, 0.05) is 51.6 Å². The van der Waals surface area contributed by atoms with Crippen LogP contribution in [0, 0.1) is 5.92 Å². The zero-order chi connectivity index (χ0) is 28.1. The molecule has 212 valence electrons. The topological polar surface area (TPSA) is 94.4 Å². The standard InChI is InChI=1S/C29H38N6O3SSi/c1-21-14-23(17-35(16-21)29(36)38-18-22-8-6-5-7-9-22)32-26-24-10-11-34(20-37-12-13-40(2,3)4)27(24)30-15-25(26)28-33-31-19-39-28/h5-11,15,19,21,23H,12-14,16-18,20H2,1-4H3,(H,30,32)/t21-,23?/m0/s1.